The molecule has 0 amide bonds. The first-order valence-corrected chi connectivity index (χ1v) is 7.24. The first-order chi connectivity index (χ1) is 8.38. The van der Waals surface area contributed by atoms with Crippen molar-refractivity contribution < 1.29 is 4.74 Å². The molecule has 0 spiro atoms. The van der Waals surface area contributed by atoms with E-state index in [9.17, 15) is 0 Å². The van der Waals surface area contributed by atoms with Crippen molar-refractivity contribution in [3.63, 3.8) is 0 Å². The first kappa shape index (κ1) is 12.5. The van der Waals surface area contributed by atoms with Gasteiger partial charge < -0.3 is 10.1 Å². The van der Waals surface area contributed by atoms with E-state index in [0.717, 1.165) is 13.0 Å². The Labute approximate surface area is 107 Å². The van der Waals surface area contributed by atoms with Crippen LogP contribution in [0.1, 0.15) is 26.2 Å². The molecule has 17 heavy (non-hydrogen) atoms. The standard InChI is InChI=1S/C12H19N3OS/c1-2-7-16-11-5-6-13-12(15-11)14-9-10-4-3-8-17-10/h5-6,10H,2-4,7-9H2,1H3,(H,13,14,15). The van der Waals surface area contributed by atoms with Gasteiger partial charge in [-0.25, -0.2) is 4.98 Å². The Morgan fingerprint density at radius 1 is 1.59 bits per heavy atom. The lowest BCUT2D eigenvalue weighted by atomic mass is 10.2. The normalized spacial score (nSPS) is 19.2. The Balaban J connectivity index is 1.82. The van der Waals surface area contributed by atoms with Crippen molar-refractivity contribution in [3.05, 3.63) is 12.3 Å². The lowest BCUT2D eigenvalue weighted by Crippen LogP contribution is -2.15. The van der Waals surface area contributed by atoms with Gasteiger partial charge in [-0.15, -0.1) is 0 Å². The van der Waals surface area contributed by atoms with Gasteiger partial charge in [-0.1, -0.05) is 6.92 Å². The van der Waals surface area contributed by atoms with E-state index in [-0.39, 0.29) is 0 Å². The van der Waals surface area contributed by atoms with Gasteiger partial charge in [0.2, 0.25) is 11.8 Å². The van der Waals surface area contributed by atoms with Gasteiger partial charge >= 0.3 is 0 Å². The fourth-order valence-corrected chi connectivity index (χ4v) is 2.93. The fraction of sp³-hybridized carbons (Fsp3) is 0.667. The van der Waals surface area contributed by atoms with Crippen LogP contribution in [0.2, 0.25) is 0 Å². The third-order valence-corrected chi connectivity index (χ3v) is 3.99. The molecule has 5 heteroatoms. The van der Waals surface area contributed by atoms with Crippen LogP contribution in [0.3, 0.4) is 0 Å². The maximum atomic E-state index is 5.47. The van der Waals surface area contributed by atoms with Crippen LogP contribution in [0.5, 0.6) is 5.88 Å². The van der Waals surface area contributed by atoms with E-state index in [1.165, 1.54) is 18.6 Å². The summed E-state index contributed by atoms with van der Waals surface area (Å²) >= 11 is 2.03. The van der Waals surface area contributed by atoms with Crippen LogP contribution in [-0.4, -0.2) is 34.1 Å². The topological polar surface area (TPSA) is 47.0 Å². The zero-order valence-electron chi connectivity index (χ0n) is 10.2. The van der Waals surface area contributed by atoms with Crippen LogP contribution in [0.4, 0.5) is 5.95 Å². The van der Waals surface area contributed by atoms with E-state index in [4.69, 9.17) is 4.74 Å². The van der Waals surface area contributed by atoms with E-state index in [2.05, 4.69) is 22.2 Å². The minimum atomic E-state index is 0.656. The molecule has 0 aliphatic carbocycles. The van der Waals surface area contributed by atoms with Gasteiger partial charge in [0.05, 0.1) is 6.61 Å². The number of aromatic nitrogens is 2. The third-order valence-electron chi connectivity index (χ3n) is 2.60. The van der Waals surface area contributed by atoms with Gasteiger partial charge in [0.25, 0.3) is 0 Å². The molecule has 2 heterocycles. The van der Waals surface area contributed by atoms with Crippen molar-refractivity contribution in [3.8, 4) is 5.88 Å². The molecular formula is C12H19N3OS. The highest BCUT2D eigenvalue weighted by molar-refractivity contribution is 8.00. The molecule has 1 aromatic heterocycles. The van der Waals surface area contributed by atoms with Crippen molar-refractivity contribution in [2.24, 2.45) is 0 Å². The van der Waals surface area contributed by atoms with Crippen LogP contribution in [-0.2, 0) is 0 Å². The minimum absolute atomic E-state index is 0.656. The Morgan fingerprint density at radius 3 is 3.29 bits per heavy atom. The Kier molecular flexibility index (Phi) is 4.91. The molecule has 0 radical (unpaired) electrons. The summed E-state index contributed by atoms with van der Waals surface area (Å²) in [5.41, 5.74) is 0. The number of rotatable bonds is 6. The first-order valence-electron chi connectivity index (χ1n) is 6.20. The van der Waals surface area contributed by atoms with E-state index in [1.807, 2.05) is 11.8 Å². The Hall–Kier alpha value is -0.970. The largest absolute Gasteiger partial charge is 0.478 e. The number of anilines is 1. The molecule has 1 atom stereocenters. The van der Waals surface area contributed by atoms with E-state index in [0.29, 0.717) is 23.7 Å². The number of thioether (sulfide) groups is 1. The van der Waals surface area contributed by atoms with Gasteiger partial charge in [-0.2, -0.15) is 16.7 Å². The molecule has 4 nitrogen and oxygen atoms in total. The molecule has 1 aliphatic heterocycles. The summed E-state index contributed by atoms with van der Waals surface area (Å²) in [6, 6.07) is 1.80. The van der Waals surface area contributed by atoms with Crippen LogP contribution < -0.4 is 10.1 Å². The molecule has 0 aromatic carbocycles. The summed E-state index contributed by atoms with van der Waals surface area (Å²) in [5, 5.41) is 3.99. The highest BCUT2D eigenvalue weighted by Crippen LogP contribution is 2.25. The second-order valence-electron chi connectivity index (χ2n) is 4.08. The molecule has 1 aromatic rings. The molecule has 94 valence electrons. The molecular weight excluding hydrogens is 234 g/mol. The van der Waals surface area contributed by atoms with Gasteiger partial charge in [-0.3, -0.25) is 0 Å². The number of hydrogen-bond acceptors (Lipinski definition) is 5. The smallest absolute Gasteiger partial charge is 0.225 e. The van der Waals surface area contributed by atoms with Crippen LogP contribution in [0.15, 0.2) is 12.3 Å². The van der Waals surface area contributed by atoms with Gasteiger partial charge in [-0.05, 0) is 25.0 Å². The highest BCUT2D eigenvalue weighted by Gasteiger charge is 2.15. The quantitative estimate of drug-likeness (QED) is 0.844. The molecule has 1 fully saturated rings. The lowest BCUT2D eigenvalue weighted by Gasteiger charge is -2.10. The summed E-state index contributed by atoms with van der Waals surface area (Å²) in [5.74, 6) is 2.61. The molecule has 0 saturated carbocycles. The Morgan fingerprint density at radius 2 is 2.53 bits per heavy atom. The van der Waals surface area contributed by atoms with Gasteiger partial charge in [0, 0.05) is 24.1 Å². The SMILES string of the molecule is CCCOc1ccnc(NCC2CCCS2)n1. The van der Waals surface area contributed by atoms with E-state index >= 15 is 0 Å². The van der Waals surface area contributed by atoms with Crippen LogP contribution >= 0.6 is 11.8 Å². The summed E-state index contributed by atoms with van der Waals surface area (Å²) in [6.07, 6.45) is 5.36. The lowest BCUT2D eigenvalue weighted by molar-refractivity contribution is 0.305. The maximum Gasteiger partial charge on any atom is 0.225 e. The average Bonchev–Trinajstić information content (AvgIpc) is 2.87. The van der Waals surface area contributed by atoms with Crippen LogP contribution in [0.25, 0.3) is 0 Å². The van der Waals surface area contributed by atoms with Crippen molar-refractivity contribution >= 4 is 17.7 Å². The Bertz CT molecular complexity index is 342. The predicted molar refractivity (Wildman–Crippen MR) is 71.8 cm³/mol. The summed E-state index contributed by atoms with van der Waals surface area (Å²) in [6.45, 7) is 3.73. The second kappa shape index (κ2) is 6.69. The summed E-state index contributed by atoms with van der Waals surface area (Å²) < 4.78 is 5.47. The van der Waals surface area contributed by atoms with Crippen molar-refractivity contribution in [1.29, 1.82) is 0 Å². The molecule has 1 aliphatic rings. The number of hydrogen-bond donors (Lipinski definition) is 1. The fourth-order valence-electron chi connectivity index (χ4n) is 1.72. The van der Waals surface area contributed by atoms with Crippen molar-refractivity contribution in [2.75, 3.05) is 24.2 Å². The molecule has 1 unspecified atom stereocenters. The zero-order chi connectivity index (χ0) is 11.9. The molecule has 1 saturated heterocycles. The zero-order valence-corrected chi connectivity index (χ0v) is 11.0. The second-order valence-corrected chi connectivity index (χ2v) is 5.49. The average molecular weight is 253 g/mol. The maximum absolute atomic E-state index is 5.47. The summed E-state index contributed by atoms with van der Waals surface area (Å²) in [7, 11) is 0. The predicted octanol–water partition coefficient (Wildman–Crippen LogP) is 2.57. The molecule has 0 bridgehead atoms. The van der Waals surface area contributed by atoms with Gasteiger partial charge in [0.15, 0.2) is 0 Å². The van der Waals surface area contributed by atoms with Crippen molar-refractivity contribution in [1.82, 2.24) is 9.97 Å². The monoisotopic (exact) mass is 253 g/mol. The molecule has 2 rings (SSSR count). The molecule has 1 N–H and O–H groups in total. The van der Waals surface area contributed by atoms with Crippen molar-refractivity contribution in [2.45, 2.75) is 31.4 Å². The van der Waals surface area contributed by atoms with E-state index in [1.54, 1.807) is 12.3 Å². The third kappa shape index (κ3) is 4.07. The summed E-state index contributed by atoms with van der Waals surface area (Å²) in [4.78, 5) is 8.51. The number of nitrogens with zero attached hydrogens (tertiary/aromatic N) is 2. The van der Waals surface area contributed by atoms with Crippen LogP contribution in [0, 0.1) is 0 Å². The van der Waals surface area contributed by atoms with E-state index < -0.39 is 0 Å². The number of ether oxygens (including phenoxy) is 1. The van der Waals surface area contributed by atoms with Gasteiger partial charge in [0.1, 0.15) is 0 Å². The highest BCUT2D eigenvalue weighted by atomic mass is 32.2. The minimum Gasteiger partial charge on any atom is -0.478 e. The number of nitrogens with one attached hydrogen (secondary N) is 1.